The number of nitrogens with one attached hydrogen (secondary N) is 3. The molecular weight excluding hydrogens is 860 g/mol. The second kappa shape index (κ2) is 25.0. The Hall–Kier alpha value is -5.41. The van der Waals surface area contributed by atoms with Crippen molar-refractivity contribution in [2.45, 2.75) is 74.7 Å². The number of hydrogen-bond acceptors (Lipinski definition) is 8. The summed E-state index contributed by atoms with van der Waals surface area (Å²) in [5.41, 5.74) is 10.5. The van der Waals surface area contributed by atoms with Crippen molar-refractivity contribution >= 4 is 45.5 Å². The Morgan fingerprint density at radius 3 is 1.41 bits per heavy atom. The zero-order chi connectivity index (χ0) is 45.1. The summed E-state index contributed by atoms with van der Waals surface area (Å²) in [6.07, 6.45) is 2.41. The minimum Gasteiger partial charge on any atom is -0.357 e. The number of benzene rings is 4. The standard InChI is InChI=1S/C27H35BrN4O3.C22H28N4O2/c1-3-10-22(28)25(33)30-23-19-31(18-21-13-8-5-9-14-21)15-16-32(27(23)35)24(26(34)29-2)17-20-11-6-4-7-12-20;1-24-21(27)20(14-17-8-4-2-5-9-17)26-13-12-25(16-19(23)22(26)28)15-18-10-6-3-7-11-18/h4-9,11-14,22-24H,3,10,15-19H2,1-2H3,(H,29,34)(H,30,33);2-11,19-20H,12-16,23H2,1H3,(H,24,27)/t22?,23?,24-;19-,20-/m00/s1. The Bertz CT molecular complexity index is 2050. The highest BCUT2D eigenvalue weighted by Gasteiger charge is 2.39. The van der Waals surface area contributed by atoms with Gasteiger partial charge in [-0.25, -0.2) is 0 Å². The van der Waals surface area contributed by atoms with Crippen LogP contribution >= 0.6 is 15.9 Å². The number of alkyl halides is 1. The number of amides is 5. The van der Waals surface area contributed by atoms with Crippen molar-refractivity contribution < 1.29 is 24.0 Å². The molecule has 63 heavy (non-hydrogen) atoms. The van der Waals surface area contributed by atoms with E-state index in [1.165, 1.54) is 5.56 Å². The first-order valence-corrected chi connectivity index (χ1v) is 22.8. The van der Waals surface area contributed by atoms with Gasteiger partial charge in [-0.2, -0.15) is 0 Å². The fraction of sp³-hybridized carbons (Fsp3) is 0.408. The zero-order valence-corrected chi connectivity index (χ0v) is 38.3. The summed E-state index contributed by atoms with van der Waals surface area (Å²) in [7, 11) is 3.19. The smallest absolute Gasteiger partial charge is 0.247 e. The minimum atomic E-state index is -0.742. The molecule has 13 nitrogen and oxygen atoms in total. The van der Waals surface area contributed by atoms with Crippen LogP contribution in [0, 0.1) is 0 Å². The maximum Gasteiger partial charge on any atom is 0.247 e. The molecule has 2 fully saturated rings. The van der Waals surface area contributed by atoms with E-state index >= 15 is 0 Å². The van der Waals surface area contributed by atoms with Gasteiger partial charge >= 0.3 is 0 Å². The predicted octanol–water partition coefficient (Wildman–Crippen LogP) is 3.75. The third kappa shape index (κ3) is 14.6. The highest BCUT2D eigenvalue weighted by atomic mass is 79.9. The molecule has 5 amide bonds. The van der Waals surface area contributed by atoms with Crippen molar-refractivity contribution in [3.8, 4) is 0 Å². The van der Waals surface area contributed by atoms with E-state index in [0.29, 0.717) is 65.1 Å². The highest BCUT2D eigenvalue weighted by Crippen LogP contribution is 2.19. The van der Waals surface area contributed by atoms with Crippen molar-refractivity contribution in [1.82, 2.24) is 35.6 Å². The van der Waals surface area contributed by atoms with Gasteiger partial charge in [-0.3, -0.25) is 33.8 Å². The van der Waals surface area contributed by atoms with Crippen molar-refractivity contribution in [1.29, 1.82) is 0 Å². The molecule has 2 unspecified atom stereocenters. The van der Waals surface area contributed by atoms with Gasteiger partial charge < -0.3 is 31.5 Å². The Labute approximate surface area is 380 Å². The van der Waals surface area contributed by atoms with E-state index in [4.69, 9.17) is 5.73 Å². The third-order valence-electron chi connectivity index (χ3n) is 11.4. The largest absolute Gasteiger partial charge is 0.357 e. The van der Waals surface area contributed by atoms with Crippen molar-refractivity contribution in [2.24, 2.45) is 5.73 Å². The van der Waals surface area contributed by atoms with E-state index in [0.717, 1.165) is 29.7 Å². The number of carbonyl (C=O) groups excluding carboxylic acids is 5. The van der Waals surface area contributed by atoms with E-state index in [1.54, 1.807) is 23.9 Å². The average Bonchev–Trinajstić information content (AvgIpc) is 3.54. The Kier molecular flexibility index (Phi) is 19.3. The van der Waals surface area contributed by atoms with Gasteiger partial charge in [-0.1, -0.05) is 151 Å². The summed E-state index contributed by atoms with van der Waals surface area (Å²) in [5.74, 6) is -0.977. The lowest BCUT2D eigenvalue weighted by Gasteiger charge is -2.31. The molecule has 4 aromatic rings. The molecule has 0 aromatic heterocycles. The molecule has 336 valence electrons. The SMILES string of the molecule is CCCC(Br)C(=O)NC1CN(Cc2ccccc2)CCN([C@@H](Cc2ccccc2)C(=O)NC)C1=O.CNC(=O)[C@H](Cc1ccccc1)N1CCN(Cc2ccccc2)C[C@H](N)C1=O. The molecule has 4 aromatic carbocycles. The van der Waals surface area contributed by atoms with E-state index < -0.39 is 24.2 Å². The number of nitrogens with zero attached hydrogens (tertiary/aromatic N) is 4. The molecule has 0 aliphatic carbocycles. The maximum absolute atomic E-state index is 13.8. The first kappa shape index (κ1) is 48.6. The molecule has 2 saturated heterocycles. The summed E-state index contributed by atoms with van der Waals surface area (Å²) < 4.78 is 0. The van der Waals surface area contributed by atoms with Crippen LogP contribution in [-0.2, 0) is 49.9 Å². The first-order chi connectivity index (χ1) is 30.5. The van der Waals surface area contributed by atoms with Crippen LogP contribution < -0.4 is 21.7 Å². The number of carbonyl (C=O) groups is 5. The van der Waals surface area contributed by atoms with E-state index in [9.17, 15) is 24.0 Å². The minimum absolute atomic E-state index is 0.166. The van der Waals surface area contributed by atoms with Gasteiger partial charge in [-0.15, -0.1) is 0 Å². The lowest BCUT2D eigenvalue weighted by Crippen LogP contribution is -2.57. The Morgan fingerprint density at radius 2 is 1.00 bits per heavy atom. The highest BCUT2D eigenvalue weighted by molar-refractivity contribution is 9.10. The molecule has 6 rings (SSSR count). The van der Waals surface area contributed by atoms with E-state index in [-0.39, 0.29) is 34.4 Å². The van der Waals surface area contributed by atoms with Gasteiger partial charge in [0.05, 0.1) is 10.9 Å². The zero-order valence-electron chi connectivity index (χ0n) is 36.7. The second-order valence-electron chi connectivity index (χ2n) is 16.1. The van der Waals surface area contributed by atoms with Crippen molar-refractivity contribution in [3.63, 3.8) is 0 Å². The van der Waals surface area contributed by atoms with Crippen LogP contribution in [0.3, 0.4) is 0 Å². The monoisotopic (exact) mass is 922 g/mol. The number of likely N-dealkylation sites (N-methyl/N-ethyl adjacent to an activating group) is 2. The second-order valence-corrected chi connectivity index (χ2v) is 17.2. The lowest BCUT2D eigenvalue weighted by atomic mass is 10.0. The molecule has 5 atom stereocenters. The quantitative estimate of drug-likeness (QED) is 0.124. The fourth-order valence-corrected chi connectivity index (χ4v) is 8.64. The first-order valence-electron chi connectivity index (χ1n) is 21.9. The predicted molar refractivity (Wildman–Crippen MR) is 250 cm³/mol. The molecule has 2 heterocycles. The van der Waals surface area contributed by atoms with Crippen LogP contribution in [0.4, 0.5) is 0 Å². The number of halogens is 1. The number of nitrogens with two attached hydrogens (primary N) is 1. The lowest BCUT2D eigenvalue weighted by molar-refractivity contribution is -0.142. The fourth-order valence-electron chi connectivity index (χ4n) is 8.05. The van der Waals surface area contributed by atoms with Crippen LogP contribution in [0.2, 0.25) is 0 Å². The Balaban J connectivity index is 0.000000243. The van der Waals surface area contributed by atoms with Crippen molar-refractivity contribution in [2.75, 3.05) is 53.4 Å². The molecule has 0 spiro atoms. The topological polar surface area (TPSA) is 160 Å². The average molecular weight is 924 g/mol. The van der Waals surface area contributed by atoms with Crippen LogP contribution in [0.25, 0.3) is 0 Å². The molecule has 5 N–H and O–H groups in total. The summed E-state index contributed by atoms with van der Waals surface area (Å²) in [6.45, 7) is 6.42. The number of hydrogen-bond donors (Lipinski definition) is 4. The van der Waals surface area contributed by atoms with Gasteiger partial charge in [0.15, 0.2) is 0 Å². The van der Waals surface area contributed by atoms with Crippen LogP contribution in [-0.4, -0.2) is 131 Å². The molecule has 0 radical (unpaired) electrons. The van der Waals surface area contributed by atoms with Gasteiger partial charge in [0, 0.05) is 79.3 Å². The number of rotatable bonds is 16. The van der Waals surface area contributed by atoms with Gasteiger partial charge in [-0.05, 0) is 28.7 Å². The molecule has 2 aliphatic rings. The molecular formula is C49H63BrN8O5. The Morgan fingerprint density at radius 1 is 0.603 bits per heavy atom. The van der Waals surface area contributed by atoms with Crippen LogP contribution in [0.15, 0.2) is 121 Å². The third-order valence-corrected chi connectivity index (χ3v) is 12.3. The maximum atomic E-state index is 13.8. The van der Waals surface area contributed by atoms with Gasteiger partial charge in [0.1, 0.15) is 18.1 Å². The molecule has 0 bridgehead atoms. The van der Waals surface area contributed by atoms with Gasteiger partial charge in [0.2, 0.25) is 29.5 Å². The van der Waals surface area contributed by atoms with E-state index in [2.05, 4.69) is 65.9 Å². The molecule has 0 saturated carbocycles. The van der Waals surface area contributed by atoms with Gasteiger partial charge in [0.25, 0.3) is 0 Å². The summed E-state index contributed by atoms with van der Waals surface area (Å²) in [6, 6.07) is 37.0. The normalized spacial score (nSPS) is 18.7. The van der Waals surface area contributed by atoms with Crippen LogP contribution in [0.1, 0.15) is 42.0 Å². The summed E-state index contributed by atoms with van der Waals surface area (Å²) >= 11 is 3.45. The van der Waals surface area contributed by atoms with Crippen molar-refractivity contribution in [3.05, 3.63) is 144 Å². The van der Waals surface area contributed by atoms with E-state index in [1.807, 2.05) is 104 Å². The molecule has 2 aliphatic heterocycles. The summed E-state index contributed by atoms with van der Waals surface area (Å²) in [5, 5.41) is 8.39. The molecule has 14 heteroatoms. The van der Waals surface area contributed by atoms with Crippen LogP contribution in [0.5, 0.6) is 0 Å². The summed E-state index contributed by atoms with van der Waals surface area (Å²) in [4.78, 5) is 72.5.